The maximum Gasteiger partial charge on any atom is 0.310 e. The lowest BCUT2D eigenvalue weighted by Gasteiger charge is -2.40. The molecule has 2 aliphatic heterocycles. The van der Waals surface area contributed by atoms with E-state index in [9.17, 15) is 15.0 Å². The molecule has 10 heteroatoms. The Hall–Kier alpha value is -2.88. The second kappa shape index (κ2) is 10.6. The Labute approximate surface area is 216 Å². The summed E-state index contributed by atoms with van der Waals surface area (Å²) >= 11 is 0. The number of phenolic OH excluding ortho intramolecular Hbond substituents is 1. The van der Waals surface area contributed by atoms with Gasteiger partial charge in [0, 0.05) is 18.4 Å². The maximum atomic E-state index is 13.2. The molecule has 1 fully saturated rings. The number of rotatable bonds is 8. The minimum absolute atomic E-state index is 0. The third-order valence-electron chi connectivity index (χ3n) is 7.50. The van der Waals surface area contributed by atoms with E-state index in [-0.39, 0.29) is 66.8 Å². The average Bonchev–Trinajstić information content (AvgIpc) is 3.47. The molecule has 2 heterocycles. The lowest BCUT2D eigenvalue weighted by atomic mass is 9.62. The summed E-state index contributed by atoms with van der Waals surface area (Å²) in [5.41, 5.74) is 2.86. The van der Waals surface area contributed by atoms with Crippen molar-refractivity contribution in [1.82, 2.24) is 4.90 Å². The van der Waals surface area contributed by atoms with Gasteiger partial charge in [0.1, 0.15) is 0 Å². The zero-order valence-electron chi connectivity index (χ0n) is 20.6. The number of aliphatic hydroxyl groups excluding tert-OH is 1. The van der Waals surface area contributed by atoms with E-state index in [1.165, 1.54) is 14.2 Å². The van der Waals surface area contributed by atoms with Crippen LogP contribution in [-0.2, 0) is 9.53 Å². The highest BCUT2D eigenvalue weighted by Crippen LogP contribution is 2.56. The van der Waals surface area contributed by atoms with Crippen LogP contribution < -0.4 is 18.9 Å². The highest BCUT2D eigenvalue weighted by atomic mass is 35.5. The molecule has 0 saturated carbocycles. The predicted octanol–water partition coefficient (Wildman–Crippen LogP) is 2.89. The second-order valence-electron chi connectivity index (χ2n) is 9.33. The number of phenols is 1. The molecule has 0 radical (unpaired) electrons. The number of fused-ring (bicyclic) bond motifs is 3. The topological polar surface area (TPSA) is 107 Å². The largest absolute Gasteiger partial charge is 0.502 e. The summed E-state index contributed by atoms with van der Waals surface area (Å²) in [6, 6.07) is 7.53. The van der Waals surface area contributed by atoms with Gasteiger partial charge in [0.2, 0.25) is 12.5 Å². The quantitative estimate of drug-likeness (QED) is 0.507. The zero-order chi connectivity index (χ0) is 24.7. The van der Waals surface area contributed by atoms with Crippen molar-refractivity contribution in [3.8, 4) is 28.7 Å². The van der Waals surface area contributed by atoms with Gasteiger partial charge in [0.25, 0.3) is 0 Å². The first-order chi connectivity index (χ1) is 17.0. The molecule has 0 aromatic heterocycles. The van der Waals surface area contributed by atoms with E-state index in [0.29, 0.717) is 24.7 Å². The second-order valence-corrected chi connectivity index (χ2v) is 9.33. The number of methoxy groups -OCH3 is 2. The van der Waals surface area contributed by atoms with Crippen LogP contribution in [0.25, 0.3) is 0 Å². The van der Waals surface area contributed by atoms with E-state index in [4.69, 9.17) is 23.7 Å². The standard InChI is InChI=1S/C26H31NO8.ClH/c1-27(6-7-28)5-4-15-16-10-19-20(35-13-34-19)11-17(16)23(24-18(15)12-33-26(24)30)14-8-21(31-2)25(29)22(9-14)32-3;/h8-11,15,18,23-24,28-29H,4-7,12-13H2,1-3H3;1H/t15-,18?,23-,24+;/m1./s1. The van der Waals surface area contributed by atoms with Gasteiger partial charge in [-0.3, -0.25) is 4.79 Å². The zero-order valence-corrected chi connectivity index (χ0v) is 21.4. The van der Waals surface area contributed by atoms with E-state index in [1.807, 2.05) is 19.2 Å². The first-order valence-corrected chi connectivity index (χ1v) is 11.8. The van der Waals surface area contributed by atoms with E-state index in [1.54, 1.807) is 12.1 Å². The molecule has 36 heavy (non-hydrogen) atoms. The number of ether oxygens (including phenoxy) is 5. The monoisotopic (exact) mass is 521 g/mol. The molecule has 2 aromatic rings. The van der Waals surface area contributed by atoms with Crippen molar-refractivity contribution in [1.29, 1.82) is 0 Å². The molecule has 0 spiro atoms. The van der Waals surface area contributed by atoms with Crippen LogP contribution in [0.15, 0.2) is 24.3 Å². The average molecular weight is 522 g/mol. The number of benzene rings is 2. The number of aromatic hydroxyl groups is 1. The van der Waals surface area contributed by atoms with Gasteiger partial charge in [-0.25, -0.2) is 0 Å². The number of carbonyl (C=O) groups excluding carboxylic acids is 1. The van der Waals surface area contributed by atoms with Crippen molar-refractivity contribution in [3.05, 3.63) is 41.0 Å². The first kappa shape index (κ1) is 26.2. The number of cyclic esters (lactones) is 1. The Balaban J connectivity index is 0.00000304. The molecule has 0 bridgehead atoms. The Kier molecular flexibility index (Phi) is 7.73. The van der Waals surface area contributed by atoms with Crippen LogP contribution in [0.4, 0.5) is 0 Å². The first-order valence-electron chi connectivity index (χ1n) is 11.8. The molecule has 2 N–H and O–H groups in total. The van der Waals surface area contributed by atoms with Crippen molar-refractivity contribution in [2.75, 3.05) is 54.4 Å². The summed E-state index contributed by atoms with van der Waals surface area (Å²) in [4.78, 5) is 15.2. The van der Waals surface area contributed by atoms with E-state index >= 15 is 0 Å². The van der Waals surface area contributed by atoms with Crippen LogP contribution >= 0.6 is 12.4 Å². The fourth-order valence-corrected chi connectivity index (χ4v) is 5.78. The number of halogens is 1. The number of nitrogens with zero attached hydrogens (tertiary/aromatic N) is 1. The number of hydrogen-bond acceptors (Lipinski definition) is 9. The molecule has 0 amide bonds. The van der Waals surface area contributed by atoms with E-state index < -0.39 is 5.92 Å². The van der Waals surface area contributed by atoms with Crippen LogP contribution in [0.1, 0.15) is 34.9 Å². The van der Waals surface area contributed by atoms with Crippen LogP contribution in [0.2, 0.25) is 0 Å². The van der Waals surface area contributed by atoms with Gasteiger partial charge in [-0.2, -0.15) is 0 Å². The molecule has 4 atom stereocenters. The summed E-state index contributed by atoms with van der Waals surface area (Å²) in [6.45, 7) is 1.94. The molecule has 2 aromatic carbocycles. The molecule has 1 unspecified atom stereocenters. The van der Waals surface area contributed by atoms with Gasteiger partial charge in [-0.1, -0.05) is 0 Å². The normalized spacial score (nSPS) is 23.5. The smallest absolute Gasteiger partial charge is 0.310 e. The minimum Gasteiger partial charge on any atom is -0.502 e. The van der Waals surface area contributed by atoms with Gasteiger partial charge in [-0.15, -0.1) is 12.4 Å². The molecule has 196 valence electrons. The highest BCUT2D eigenvalue weighted by Gasteiger charge is 2.52. The summed E-state index contributed by atoms with van der Waals surface area (Å²) in [5.74, 6) is 0.855. The van der Waals surface area contributed by atoms with Gasteiger partial charge in [0.15, 0.2) is 23.0 Å². The number of aliphatic hydroxyl groups is 1. The highest BCUT2D eigenvalue weighted by molar-refractivity contribution is 5.85. The summed E-state index contributed by atoms with van der Waals surface area (Å²) in [6.07, 6.45) is 0.801. The Morgan fingerprint density at radius 2 is 1.64 bits per heavy atom. The van der Waals surface area contributed by atoms with Crippen molar-refractivity contribution < 1.29 is 38.7 Å². The summed E-state index contributed by atoms with van der Waals surface area (Å²) in [5, 5.41) is 19.8. The SMILES string of the molecule is COc1cc([C@@H]2c3cc4c(cc3[C@@H](CCN(C)CCO)C3COC(=O)[C@@H]32)OCO4)cc(OC)c1O.Cl. The van der Waals surface area contributed by atoms with Crippen molar-refractivity contribution in [3.63, 3.8) is 0 Å². The Morgan fingerprint density at radius 1 is 1.00 bits per heavy atom. The third-order valence-corrected chi connectivity index (χ3v) is 7.50. The molecular formula is C26H32ClNO8. The van der Waals surface area contributed by atoms with Gasteiger partial charge in [-0.05, 0) is 66.9 Å². The van der Waals surface area contributed by atoms with E-state index in [0.717, 1.165) is 29.7 Å². The van der Waals surface area contributed by atoms with E-state index in [2.05, 4.69) is 4.90 Å². The number of esters is 1. The number of carbonyl (C=O) groups is 1. The molecule has 9 nitrogen and oxygen atoms in total. The molecule has 3 aliphatic rings. The van der Waals surface area contributed by atoms with Crippen molar-refractivity contribution in [2.24, 2.45) is 11.8 Å². The van der Waals surface area contributed by atoms with Crippen LogP contribution in [0.3, 0.4) is 0 Å². The fraction of sp³-hybridized carbons (Fsp3) is 0.500. The molecule has 5 rings (SSSR count). The number of likely N-dealkylation sites (N-methyl/N-ethyl adjacent to an activating group) is 1. The molecule has 1 saturated heterocycles. The van der Waals surface area contributed by atoms with Crippen LogP contribution in [0, 0.1) is 11.8 Å². The summed E-state index contributed by atoms with van der Waals surface area (Å²) < 4.78 is 27.9. The predicted molar refractivity (Wildman–Crippen MR) is 133 cm³/mol. The Bertz CT molecular complexity index is 1100. The minimum atomic E-state index is -0.407. The van der Waals surface area contributed by atoms with Gasteiger partial charge in [0.05, 0.1) is 33.4 Å². The van der Waals surface area contributed by atoms with Crippen molar-refractivity contribution >= 4 is 18.4 Å². The molecular weight excluding hydrogens is 490 g/mol. The molecule has 1 aliphatic carbocycles. The van der Waals surface area contributed by atoms with Gasteiger partial charge >= 0.3 is 5.97 Å². The Morgan fingerprint density at radius 3 is 2.25 bits per heavy atom. The van der Waals surface area contributed by atoms with Crippen LogP contribution in [-0.4, -0.2) is 75.4 Å². The fourth-order valence-electron chi connectivity index (χ4n) is 5.78. The van der Waals surface area contributed by atoms with Crippen LogP contribution in [0.5, 0.6) is 28.7 Å². The third kappa shape index (κ3) is 4.40. The lowest BCUT2D eigenvalue weighted by molar-refractivity contribution is -0.141. The van der Waals surface area contributed by atoms with Gasteiger partial charge < -0.3 is 38.8 Å². The lowest BCUT2D eigenvalue weighted by Crippen LogP contribution is -2.36. The maximum absolute atomic E-state index is 13.2. The number of hydrogen-bond donors (Lipinski definition) is 2. The summed E-state index contributed by atoms with van der Waals surface area (Å²) in [7, 11) is 4.94. The van der Waals surface area contributed by atoms with Crippen molar-refractivity contribution in [2.45, 2.75) is 18.3 Å².